The minimum atomic E-state index is -1.53. The van der Waals surface area contributed by atoms with Gasteiger partial charge in [-0.15, -0.1) is 0 Å². The van der Waals surface area contributed by atoms with Crippen LogP contribution in [0.15, 0.2) is 164 Å². The summed E-state index contributed by atoms with van der Waals surface area (Å²) in [6.07, 6.45) is 1.60. The van der Waals surface area contributed by atoms with E-state index in [0.717, 1.165) is 12.8 Å². The summed E-state index contributed by atoms with van der Waals surface area (Å²) in [5.74, 6) is 0. The molecule has 9 rings (SSSR count). The smallest absolute Gasteiger partial charge is 0.423 e. The lowest BCUT2D eigenvalue weighted by molar-refractivity contribution is 0.425. The van der Waals surface area contributed by atoms with Crippen molar-refractivity contribution in [3.63, 3.8) is 0 Å². The maximum atomic E-state index is 10.3. The van der Waals surface area contributed by atoms with E-state index < -0.39 is 7.12 Å². The summed E-state index contributed by atoms with van der Waals surface area (Å²) in [6, 6.07) is 58.2. The lowest BCUT2D eigenvalue weighted by atomic mass is 9.72. The Kier molecular flexibility index (Phi) is 6.79. The third-order valence-corrected chi connectivity index (χ3v) is 10.5. The van der Waals surface area contributed by atoms with Crippen molar-refractivity contribution in [1.82, 2.24) is 0 Å². The average molecular weight is 617 g/mol. The monoisotopic (exact) mass is 616 g/mol. The molecule has 0 radical (unpaired) electrons. The molecule has 0 aromatic heterocycles. The van der Waals surface area contributed by atoms with Gasteiger partial charge in [-0.2, -0.15) is 0 Å². The Bertz CT molecular complexity index is 2180. The SMILES string of the molecule is OB(O)c1ccc2c(c1)C1(Cc3c(c(-c4ccccc4)c(-c4ccccc4)c(-c4ccccc4)c3-c3ccccc3)C1)c1ccccc1-2. The fourth-order valence-corrected chi connectivity index (χ4v) is 8.56. The molecule has 3 heteroatoms. The third kappa shape index (κ3) is 4.36. The van der Waals surface area contributed by atoms with Crippen molar-refractivity contribution >= 4 is 12.6 Å². The van der Waals surface area contributed by atoms with Crippen LogP contribution in [0.25, 0.3) is 55.6 Å². The zero-order valence-corrected chi connectivity index (χ0v) is 26.5. The standard InChI is InChI=1S/C45H33BO2/c47-46(48)34-25-26-36-35-23-13-14-24-39(35)45(40(36)27-34)28-37-38(29-45)42(31-17-7-2-8-18-31)44(33-21-11-4-12-22-33)43(32-19-9-3-10-20-32)41(37)30-15-5-1-6-16-30/h1-27,47-48H,28-29H2. The minimum absolute atomic E-state index is 0.366. The van der Waals surface area contributed by atoms with E-state index in [1.165, 1.54) is 77.9 Å². The van der Waals surface area contributed by atoms with E-state index in [0.29, 0.717) is 5.46 Å². The first-order valence-electron chi connectivity index (χ1n) is 16.7. The van der Waals surface area contributed by atoms with E-state index in [1.807, 2.05) is 12.1 Å². The second-order valence-corrected chi connectivity index (χ2v) is 13.1. The van der Waals surface area contributed by atoms with E-state index in [1.54, 1.807) is 0 Å². The van der Waals surface area contributed by atoms with E-state index in [2.05, 4.69) is 152 Å². The Hall–Kier alpha value is -5.48. The first-order valence-corrected chi connectivity index (χ1v) is 16.7. The molecule has 7 aromatic carbocycles. The van der Waals surface area contributed by atoms with Gasteiger partial charge >= 0.3 is 7.12 Å². The second kappa shape index (κ2) is 11.3. The van der Waals surface area contributed by atoms with Crippen molar-refractivity contribution in [3.8, 4) is 55.6 Å². The van der Waals surface area contributed by atoms with Gasteiger partial charge in [0, 0.05) is 5.41 Å². The second-order valence-electron chi connectivity index (χ2n) is 13.1. The molecule has 1 spiro atoms. The Morgan fingerprint density at radius 1 is 0.396 bits per heavy atom. The van der Waals surface area contributed by atoms with Crippen LogP contribution in [0.5, 0.6) is 0 Å². The third-order valence-electron chi connectivity index (χ3n) is 10.5. The summed E-state index contributed by atoms with van der Waals surface area (Å²) in [4.78, 5) is 0. The Morgan fingerprint density at radius 2 is 0.792 bits per heavy atom. The molecule has 0 aliphatic heterocycles. The summed E-state index contributed by atoms with van der Waals surface area (Å²) < 4.78 is 0. The molecule has 0 amide bonds. The van der Waals surface area contributed by atoms with Crippen LogP contribution in [-0.4, -0.2) is 17.2 Å². The van der Waals surface area contributed by atoms with Crippen LogP contribution >= 0.6 is 0 Å². The lowest BCUT2D eigenvalue weighted by Gasteiger charge is -2.27. The van der Waals surface area contributed by atoms with Crippen LogP contribution in [0.3, 0.4) is 0 Å². The largest absolute Gasteiger partial charge is 0.488 e. The van der Waals surface area contributed by atoms with Crippen molar-refractivity contribution in [1.29, 1.82) is 0 Å². The molecule has 7 aromatic rings. The van der Waals surface area contributed by atoms with Gasteiger partial charge in [0.25, 0.3) is 0 Å². The Morgan fingerprint density at radius 3 is 1.25 bits per heavy atom. The molecule has 0 saturated heterocycles. The molecule has 0 bridgehead atoms. The van der Waals surface area contributed by atoms with E-state index in [-0.39, 0.29) is 5.41 Å². The van der Waals surface area contributed by atoms with Gasteiger partial charge in [0.1, 0.15) is 0 Å². The van der Waals surface area contributed by atoms with Crippen LogP contribution < -0.4 is 5.46 Å². The van der Waals surface area contributed by atoms with E-state index >= 15 is 0 Å². The summed E-state index contributed by atoms with van der Waals surface area (Å²) in [6.45, 7) is 0. The molecule has 0 fully saturated rings. The molecule has 0 heterocycles. The molecule has 0 atom stereocenters. The molecule has 0 saturated carbocycles. The first-order chi connectivity index (χ1) is 23.6. The highest BCUT2D eigenvalue weighted by atomic mass is 16.4. The highest BCUT2D eigenvalue weighted by molar-refractivity contribution is 6.58. The van der Waals surface area contributed by atoms with E-state index in [4.69, 9.17) is 0 Å². The zero-order valence-electron chi connectivity index (χ0n) is 26.5. The van der Waals surface area contributed by atoms with Crippen LogP contribution in [0.4, 0.5) is 0 Å². The van der Waals surface area contributed by atoms with Gasteiger partial charge in [-0.1, -0.05) is 164 Å². The highest BCUT2D eigenvalue weighted by Gasteiger charge is 2.49. The van der Waals surface area contributed by atoms with Gasteiger partial charge in [0.2, 0.25) is 0 Å². The summed E-state index contributed by atoms with van der Waals surface area (Å²) in [5.41, 5.74) is 17.6. The molecule has 2 aliphatic rings. The fourth-order valence-electron chi connectivity index (χ4n) is 8.56. The predicted octanol–water partition coefficient (Wildman–Crippen LogP) is 9.10. The van der Waals surface area contributed by atoms with Crippen LogP contribution in [0.1, 0.15) is 22.3 Å². The highest BCUT2D eigenvalue weighted by Crippen LogP contribution is 2.60. The van der Waals surface area contributed by atoms with Crippen LogP contribution in [-0.2, 0) is 18.3 Å². The fraction of sp³-hybridized carbons (Fsp3) is 0.0667. The lowest BCUT2D eigenvalue weighted by Crippen LogP contribution is -2.33. The number of hydrogen-bond donors (Lipinski definition) is 2. The molecule has 2 nitrogen and oxygen atoms in total. The van der Waals surface area contributed by atoms with Gasteiger partial charge in [-0.25, -0.2) is 0 Å². The Balaban J connectivity index is 1.46. The van der Waals surface area contributed by atoms with Crippen molar-refractivity contribution < 1.29 is 10.0 Å². The first kappa shape index (κ1) is 28.7. The molecule has 228 valence electrons. The maximum absolute atomic E-state index is 10.3. The molecule has 0 unspecified atom stereocenters. The normalized spacial score (nSPS) is 13.6. The summed E-state index contributed by atoms with van der Waals surface area (Å²) >= 11 is 0. The maximum Gasteiger partial charge on any atom is 0.488 e. The summed E-state index contributed by atoms with van der Waals surface area (Å²) in [5, 5.41) is 20.7. The molecular weight excluding hydrogens is 583 g/mol. The van der Waals surface area contributed by atoms with Gasteiger partial charge in [-0.3, -0.25) is 0 Å². The zero-order chi connectivity index (χ0) is 32.2. The quantitative estimate of drug-likeness (QED) is 0.190. The number of benzene rings is 7. The van der Waals surface area contributed by atoms with Crippen molar-refractivity contribution in [2.75, 3.05) is 0 Å². The van der Waals surface area contributed by atoms with Gasteiger partial charge in [-0.05, 0) is 96.2 Å². The number of rotatable bonds is 5. The van der Waals surface area contributed by atoms with Crippen molar-refractivity contribution in [2.45, 2.75) is 18.3 Å². The molecule has 2 aliphatic carbocycles. The molecule has 48 heavy (non-hydrogen) atoms. The van der Waals surface area contributed by atoms with Crippen LogP contribution in [0.2, 0.25) is 0 Å². The average Bonchev–Trinajstić information content (AvgIpc) is 3.67. The number of hydrogen-bond acceptors (Lipinski definition) is 2. The Labute approximate surface area is 281 Å². The van der Waals surface area contributed by atoms with Gasteiger partial charge in [0.05, 0.1) is 0 Å². The van der Waals surface area contributed by atoms with Crippen LogP contribution in [0, 0.1) is 0 Å². The van der Waals surface area contributed by atoms with Gasteiger partial charge in [0.15, 0.2) is 0 Å². The minimum Gasteiger partial charge on any atom is -0.423 e. The number of fused-ring (bicyclic) bond motifs is 6. The van der Waals surface area contributed by atoms with Crippen molar-refractivity contribution in [2.24, 2.45) is 0 Å². The molecular formula is C45H33BO2. The summed E-state index contributed by atoms with van der Waals surface area (Å²) in [7, 11) is -1.53. The van der Waals surface area contributed by atoms with Crippen molar-refractivity contribution in [3.05, 3.63) is 186 Å². The molecule has 2 N–H and O–H groups in total. The van der Waals surface area contributed by atoms with E-state index in [9.17, 15) is 10.0 Å². The predicted molar refractivity (Wildman–Crippen MR) is 198 cm³/mol. The van der Waals surface area contributed by atoms with Gasteiger partial charge < -0.3 is 10.0 Å². The topological polar surface area (TPSA) is 40.5 Å².